The normalized spacial score (nSPS) is 21.5. The summed E-state index contributed by atoms with van der Waals surface area (Å²) < 4.78 is 0. The van der Waals surface area contributed by atoms with E-state index in [1.54, 1.807) is 0 Å². The molecule has 0 bridgehead atoms. The zero-order chi connectivity index (χ0) is 23.6. The highest BCUT2D eigenvalue weighted by molar-refractivity contribution is 5.78. The second-order valence-corrected chi connectivity index (χ2v) is 9.75. The predicted molar refractivity (Wildman–Crippen MR) is 134 cm³/mol. The fourth-order valence-corrected chi connectivity index (χ4v) is 5.37. The molecule has 6 nitrogen and oxygen atoms in total. The van der Waals surface area contributed by atoms with Gasteiger partial charge < -0.3 is 10.2 Å². The smallest absolute Gasteiger partial charge is 0.222 e. The number of carbonyl (C=O) groups is 2. The highest BCUT2D eigenvalue weighted by Gasteiger charge is 2.26. The molecule has 34 heavy (non-hydrogen) atoms. The van der Waals surface area contributed by atoms with Crippen molar-refractivity contribution in [2.75, 3.05) is 26.2 Å². The van der Waals surface area contributed by atoms with Crippen molar-refractivity contribution in [3.63, 3.8) is 0 Å². The van der Waals surface area contributed by atoms with Gasteiger partial charge >= 0.3 is 0 Å². The van der Waals surface area contributed by atoms with E-state index in [0.29, 0.717) is 31.8 Å². The van der Waals surface area contributed by atoms with Gasteiger partial charge in [0, 0.05) is 64.0 Å². The Balaban J connectivity index is 1.49. The van der Waals surface area contributed by atoms with E-state index < -0.39 is 0 Å². The molecular weight excluding hydrogens is 424 g/mol. The Morgan fingerprint density at radius 1 is 0.941 bits per heavy atom. The molecule has 1 aromatic heterocycles. The van der Waals surface area contributed by atoms with Crippen LogP contribution in [-0.4, -0.2) is 52.8 Å². The van der Waals surface area contributed by atoms with Crippen LogP contribution in [0.1, 0.15) is 68.5 Å². The molecule has 1 saturated carbocycles. The third-order valence-corrected chi connectivity index (χ3v) is 7.26. The lowest BCUT2D eigenvalue weighted by Gasteiger charge is -2.32. The van der Waals surface area contributed by atoms with Gasteiger partial charge in [0.15, 0.2) is 0 Å². The first-order chi connectivity index (χ1) is 16.7. The van der Waals surface area contributed by atoms with Crippen LogP contribution in [0.3, 0.4) is 0 Å². The Kier molecular flexibility index (Phi) is 9.08. The molecule has 1 N–H and O–H groups in total. The lowest BCUT2D eigenvalue weighted by molar-refractivity contribution is -0.133. The SMILES string of the molecule is O=C1CC(c2ccccc2)N(Cc2ccncc2)CCCN(C(=O)CC2CCCCC2)CCN1. The molecule has 0 spiro atoms. The van der Waals surface area contributed by atoms with Gasteiger partial charge in [-0.3, -0.25) is 19.5 Å². The van der Waals surface area contributed by atoms with Gasteiger partial charge in [-0.15, -0.1) is 0 Å². The summed E-state index contributed by atoms with van der Waals surface area (Å²) >= 11 is 0. The lowest BCUT2D eigenvalue weighted by atomic mass is 9.86. The second kappa shape index (κ2) is 12.7. The fraction of sp³-hybridized carbons (Fsp3) is 0.536. The van der Waals surface area contributed by atoms with E-state index in [9.17, 15) is 9.59 Å². The van der Waals surface area contributed by atoms with Crippen LogP contribution in [0.25, 0.3) is 0 Å². The maximum Gasteiger partial charge on any atom is 0.222 e. The summed E-state index contributed by atoms with van der Waals surface area (Å²) in [6.45, 7) is 3.41. The Bertz CT molecular complexity index is 899. The van der Waals surface area contributed by atoms with Gasteiger partial charge in [-0.1, -0.05) is 49.6 Å². The van der Waals surface area contributed by atoms with Crippen molar-refractivity contribution < 1.29 is 9.59 Å². The van der Waals surface area contributed by atoms with Crippen molar-refractivity contribution in [2.24, 2.45) is 5.92 Å². The van der Waals surface area contributed by atoms with Crippen molar-refractivity contribution in [2.45, 2.75) is 64.0 Å². The van der Waals surface area contributed by atoms with Crippen molar-refractivity contribution in [1.82, 2.24) is 20.1 Å². The number of benzene rings is 1. The number of aromatic nitrogens is 1. The zero-order valence-electron chi connectivity index (χ0n) is 20.2. The minimum absolute atomic E-state index is 0.0149. The van der Waals surface area contributed by atoms with Crippen LogP contribution in [0.4, 0.5) is 0 Å². The first-order valence-electron chi connectivity index (χ1n) is 12.9. The van der Waals surface area contributed by atoms with Gasteiger partial charge in [0.25, 0.3) is 0 Å². The predicted octanol–water partition coefficient (Wildman–Crippen LogP) is 4.33. The van der Waals surface area contributed by atoms with E-state index in [1.165, 1.54) is 37.7 Å². The average molecular weight is 463 g/mol. The number of hydrogen-bond donors (Lipinski definition) is 1. The highest BCUT2D eigenvalue weighted by atomic mass is 16.2. The highest BCUT2D eigenvalue weighted by Crippen LogP contribution is 2.28. The number of amides is 2. The minimum Gasteiger partial charge on any atom is -0.354 e. The summed E-state index contributed by atoms with van der Waals surface area (Å²) in [4.78, 5) is 34.6. The fourth-order valence-electron chi connectivity index (χ4n) is 5.37. The molecule has 1 saturated heterocycles. The summed E-state index contributed by atoms with van der Waals surface area (Å²) in [5, 5.41) is 3.08. The number of nitrogens with one attached hydrogen (secondary N) is 1. The van der Waals surface area contributed by atoms with Gasteiger partial charge in [0.05, 0.1) is 0 Å². The molecule has 1 atom stereocenters. The molecule has 2 heterocycles. The molecule has 1 aliphatic heterocycles. The maximum atomic E-state index is 13.1. The van der Waals surface area contributed by atoms with E-state index in [4.69, 9.17) is 0 Å². The van der Waals surface area contributed by atoms with Gasteiger partial charge in [-0.05, 0) is 48.4 Å². The molecule has 2 fully saturated rings. The van der Waals surface area contributed by atoms with E-state index in [-0.39, 0.29) is 17.9 Å². The van der Waals surface area contributed by atoms with Crippen molar-refractivity contribution in [1.29, 1.82) is 0 Å². The monoisotopic (exact) mass is 462 g/mol. The standard InChI is InChI=1S/C28H38N4O2/c33-27-21-26(25-10-5-2-6-11-25)32(22-24-12-14-29-15-13-24)18-7-17-31(19-16-30-27)28(34)20-23-8-3-1-4-9-23/h2,5-6,10-15,23,26H,1,3-4,7-9,16-22H2,(H,30,33). The molecule has 2 aromatic rings. The zero-order valence-corrected chi connectivity index (χ0v) is 20.2. The molecule has 4 rings (SSSR count). The Labute approximate surface area is 203 Å². The van der Waals surface area contributed by atoms with Crippen LogP contribution < -0.4 is 5.32 Å². The van der Waals surface area contributed by atoms with Crippen molar-refractivity contribution in [3.05, 3.63) is 66.0 Å². The van der Waals surface area contributed by atoms with E-state index in [0.717, 1.165) is 31.6 Å². The Morgan fingerprint density at radius 3 is 2.47 bits per heavy atom. The quantitative estimate of drug-likeness (QED) is 0.718. The molecule has 182 valence electrons. The molecule has 1 aromatic carbocycles. The Hall–Kier alpha value is -2.73. The van der Waals surface area contributed by atoms with Crippen LogP contribution >= 0.6 is 0 Å². The number of hydrogen-bond acceptors (Lipinski definition) is 4. The van der Waals surface area contributed by atoms with Crippen LogP contribution in [0.5, 0.6) is 0 Å². The topological polar surface area (TPSA) is 65.5 Å². The maximum absolute atomic E-state index is 13.1. The molecule has 1 unspecified atom stereocenters. The first-order valence-corrected chi connectivity index (χ1v) is 12.9. The van der Waals surface area contributed by atoms with Gasteiger partial charge in [-0.25, -0.2) is 0 Å². The van der Waals surface area contributed by atoms with Gasteiger partial charge in [0.1, 0.15) is 0 Å². The average Bonchev–Trinajstić information content (AvgIpc) is 2.90. The molecule has 6 heteroatoms. The second-order valence-electron chi connectivity index (χ2n) is 9.75. The summed E-state index contributed by atoms with van der Waals surface area (Å²) in [6, 6.07) is 14.4. The molecule has 1 aliphatic carbocycles. The van der Waals surface area contributed by atoms with Crippen LogP contribution in [-0.2, 0) is 16.1 Å². The third kappa shape index (κ3) is 7.13. The summed E-state index contributed by atoms with van der Waals surface area (Å²) in [5.74, 6) is 0.815. The van der Waals surface area contributed by atoms with Crippen molar-refractivity contribution in [3.8, 4) is 0 Å². The first kappa shape index (κ1) is 24.4. The minimum atomic E-state index is -0.0149. The number of nitrogens with zero attached hydrogens (tertiary/aromatic N) is 3. The number of carbonyl (C=O) groups excluding carboxylic acids is 2. The summed E-state index contributed by atoms with van der Waals surface area (Å²) in [5.41, 5.74) is 2.33. The molecule has 0 radical (unpaired) electrons. The van der Waals surface area contributed by atoms with Crippen LogP contribution in [0, 0.1) is 5.92 Å². The van der Waals surface area contributed by atoms with Gasteiger partial charge in [-0.2, -0.15) is 0 Å². The summed E-state index contributed by atoms with van der Waals surface area (Å²) in [7, 11) is 0. The molecule has 2 aliphatic rings. The largest absolute Gasteiger partial charge is 0.354 e. The molecular formula is C28H38N4O2. The number of pyridine rings is 1. The van der Waals surface area contributed by atoms with E-state index >= 15 is 0 Å². The van der Waals surface area contributed by atoms with E-state index in [2.05, 4.69) is 27.3 Å². The Morgan fingerprint density at radius 2 is 1.71 bits per heavy atom. The van der Waals surface area contributed by atoms with E-state index in [1.807, 2.05) is 47.6 Å². The number of rotatable bonds is 5. The summed E-state index contributed by atoms with van der Waals surface area (Å²) in [6.07, 6.45) is 11.7. The third-order valence-electron chi connectivity index (χ3n) is 7.26. The van der Waals surface area contributed by atoms with Crippen molar-refractivity contribution >= 4 is 11.8 Å². The molecule has 2 amide bonds. The lowest BCUT2D eigenvalue weighted by Crippen LogP contribution is -2.39. The van der Waals surface area contributed by atoms with Crippen LogP contribution in [0.15, 0.2) is 54.9 Å². The van der Waals surface area contributed by atoms with Crippen LogP contribution in [0.2, 0.25) is 0 Å². The van der Waals surface area contributed by atoms with Gasteiger partial charge in [0.2, 0.25) is 11.8 Å².